The summed E-state index contributed by atoms with van der Waals surface area (Å²) < 4.78 is 0. The highest BCUT2D eigenvalue weighted by atomic mass is 16.3. The fourth-order valence-electron chi connectivity index (χ4n) is 7.24. The molecule has 4 aliphatic carbocycles. The minimum Gasteiger partial charge on any atom is -0.508 e. The van der Waals surface area contributed by atoms with Gasteiger partial charge in [-0.3, -0.25) is 4.79 Å². The van der Waals surface area contributed by atoms with Crippen molar-refractivity contribution < 1.29 is 9.90 Å². The second kappa shape index (κ2) is 8.53. The van der Waals surface area contributed by atoms with E-state index in [2.05, 4.69) is 17.4 Å². The molecule has 1 aromatic heterocycles. The molecule has 0 saturated heterocycles. The molecular formula is C29H31N3O2. The van der Waals surface area contributed by atoms with Crippen LogP contribution in [-0.2, 0) is 17.6 Å². The molecule has 2 N–H and O–H groups in total. The Bertz CT molecular complexity index is 1150. The molecule has 4 bridgehead atoms. The predicted octanol–water partition coefficient (Wildman–Crippen LogP) is 5.79. The number of aromatic nitrogens is 2. The third-order valence-electron chi connectivity index (χ3n) is 8.18. The van der Waals surface area contributed by atoms with Gasteiger partial charge in [-0.1, -0.05) is 42.5 Å². The molecule has 1 heterocycles. The Morgan fingerprint density at radius 3 is 2.24 bits per heavy atom. The van der Waals surface area contributed by atoms with Gasteiger partial charge in [-0.15, -0.1) is 0 Å². The van der Waals surface area contributed by atoms with Crippen molar-refractivity contribution >= 4 is 11.7 Å². The third-order valence-corrected chi connectivity index (χ3v) is 8.18. The molecule has 0 radical (unpaired) electrons. The number of hydrogen-bond acceptors (Lipinski definition) is 4. The summed E-state index contributed by atoms with van der Waals surface area (Å²) in [4.78, 5) is 22.7. The van der Waals surface area contributed by atoms with Crippen molar-refractivity contribution in [2.24, 2.45) is 23.2 Å². The van der Waals surface area contributed by atoms with Crippen LogP contribution < -0.4 is 5.32 Å². The van der Waals surface area contributed by atoms with Crippen LogP contribution in [0.5, 0.6) is 5.75 Å². The van der Waals surface area contributed by atoms with Crippen LogP contribution in [0.3, 0.4) is 0 Å². The van der Waals surface area contributed by atoms with Crippen LogP contribution in [0.2, 0.25) is 0 Å². The van der Waals surface area contributed by atoms with E-state index in [1.807, 2.05) is 18.2 Å². The largest absolute Gasteiger partial charge is 0.508 e. The summed E-state index contributed by atoms with van der Waals surface area (Å²) in [6, 6.07) is 16.9. The Morgan fingerprint density at radius 1 is 0.941 bits per heavy atom. The molecular weight excluding hydrogens is 422 g/mol. The molecule has 4 fully saturated rings. The van der Waals surface area contributed by atoms with Gasteiger partial charge in [-0.2, -0.15) is 0 Å². The van der Waals surface area contributed by atoms with Crippen molar-refractivity contribution in [2.75, 3.05) is 5.32 Å². The Labute approximate surface area is 200 Å². The van der Waals surface area contributed by atoms with E-state index in [0.29, 0.717) is 11.2 Å². The van der Waals surface area contributed by atoms with E-state index in [4.69, 9.17) is 9.97 Å². The maximum absolute atomic E-state index is 12.9. The maximum atomic E-state index is 12.9. The Kier molecular flexibility index (Phi) is 5.35. The number of nitrogens with zero attached hydrogens (tertiary/aromatic N) is 2. The highest BCUT2D eigenvalue weighted by molar-refractivity contribution is 5.92. The van der Waals surface area contributed by atoms with Gasteiger partial charge in [0.1, 0.15) is 5.75 Å². The Hall–Kier alpha value is -3.21. The van der Waals surface area contributed by atoms with E-state index in [1.54, 1.807) is 30.5 Å². The standard InChI is InChI=1S/C29H31N3O2/c33-24-8-6-19(7-9-24)13-27(34)32-28-25(31-26(18-30-28)23-4-2-1-3-5-23)17-29-14-20-10-21(15-29)12-22(11-20)16-29/h1-9,18,20-22,33H,10-17H2,(H,30,32,34). The van der Waals surface area contributed by atoms with Gasteiger partial charge in [0.05, 0.1) is 24.0 Å². The van der Waals surface area contributed by atoms with Gasteiger partial charge in [-0.25, -0.2) is 9.97 Å². The first-order chi connectivity index (χ1) is 16.5. The number of benzene rings is 2. The molecule has 0 unspecified atom stereocenters. The first kappa shape index (κ1) is 21.3. The van der Waals surface area contributed by atoms with Crippen LogP contribution >= 0.6 is 0 Å². The van der Waals surface area contributed by atoms with Gasteiger partial charge < -0.3 is 10.4 Å². The topological polar surface area (TPSA) is 75.1 Å². The van der Waals surface area contributed by atoms with Gasteiger partial charge in [0.2, 0.25) is 5.91 Å². The van der Waals surface area contributed by atoms with Crippen molar-refractivity contribution in [3.8, 4) is 17.0 Å². The SMILES string of the molecule is O=C(Cc1ccc(O)cc1)Nc1ncc(-c2ccccc2)nc1CC12CC3CC(CC(C3)C1)C2. The number of anilines is 1. The van der Waals surface area contributed by atoms with Gasteiger partial charge in [0, 0.05) is 5.56 Å². The summed E-state index contributed by atoms with van der Waals surface area (Å²) in [6.45, 7) is 0. The summed E-state index contributed by atoms with van der Waals surface area (Å²) in [5.41, 5.74) is 3.98. The number of aromatic hydroxyl groups is 1. The Morgan fingerprint density at radius 2 is 1.59 bits per heavy atom. The summed E-state index contributed by atoms with van der Waals surface area (Å²) in [5.74, 6) is 3.28. The summed E-state index contributed by atoms with van der Waals surface area (Å²) in [5, 5.41) is 12.6. The van der Waals surface area contributed by atoms with Crippen molar-refractivity contribution in [1.82, 2.24) is 9.97 Å². The van der Waals surface area contributed by atoms with E-state index in [0.717, 1.165) is 46.7 Å². The zero-order chi connectivity index (χ0) is 23.1. The fraction of sp³-hybridized carbons (Fsp3) is 0.414. The average molecular weight is 454 g/mol. The zero-order valence-corrected chi connectivity index (χ0v) is 19.4. The van der Waals surface area contributed by atoms with Crippen LogP contribution in [0.25, 0.3) is 11.3 Å². The normalized spacial score (nSPS) is 27.0. The number of amides is 1. The molecule has 0 spiro atoms. The number of phenolic OH excluding ortho intramolecular Hbond substituents is 1. The molecule has 3 aromatic rings. The van der Waals surface area contributed by atoms with Crippen LogP contribution in [-0.4, -0.2) is 21.0 Å². The first-order valence-electron chi connectivity index (χ1n) is 12.5. The summed E-state index contributed by atoms with van der Waals surface area (Å²) in [7, 11) is 0. The van der Waals surface area contributed by atoms with E-state index in [9.17, 15) is 9.90 Å². The van der Waals surface area contributed by atoms with Crippen LogP contribution in [0.4, 0.5) is 5.82 Å². The fourth-order valence-corrected chi connectivity index (χ4v) is 7.24. The highest BCUT2D eigenvalue weighted by Gasteiger charge is 2.51. The number of hydrogen-bond donors (Lipinski definition) is 2. The number of nitrogens with one attached hydrogen (secondary N) is 1. The maximum Gasteiger partial charge on any atom is 0.229 e. The predicted molar refractivity (Wildman–Crippen MR) is 132 cm³/mol. The molecule has 34 heavy (non-hydrogen) atoms. The van der Waals surface area contributed by atoms with Gasteiger partial charge in [-0.05, 0) is 85.8 Å². The minimum absolute atomic E-state index is 0.112. The zero-order valence-electron chi connectivity index (χ0n) is 19.4. The quantitative estimate of drug-likeness (QED) is 0.495. The van der Waals surface area contributed by atoms with E-state index < -0.39 is 0 Å². The number of carbonyl (C=O) groups is 1. The van der Waals surface area contributed by atoms with Crippen molar-refractivity contribution in [3.05, 3.63) is 72.1 Å². The van der Waals surface area contributed by atoms with Crippen molar-refractivity contribution in [1.29, 1.82) is 0 Å². The van der Waals surface area contributed by atoms with Crippen LogP contribution in [0.1, 0.15) is 49.8 Å². The van der Waals surface area contributed by atoms with Crippen LogP contribution in [0.15, 0.2) is 60.8 Å². The molecule has 5 nitrogen and oxygen atoms in total. The van der Waals surface area contributed by atoms with E-state index in [1.165, 1.54) is 38.5 Å². The lowest BCUT2D eigenvalue weighted by Gasteiger charge is -2.57. The molecule has 4 aliphatic rings. The number of rotatable bonds is 6. The first-order valence-corrected chi connectivity index (χ1v) is 12.5. The molecule has 7 rings (SSSR count). The minimum atomic E-state index is -0.112. The van der Waals surface area contributed by atoms with Crippen molar-refractivity contribution in [2.45, 2.75) is 51.4 Å². The number of carbonyl (C=O) groups excluding carboxylic acids is 1. The third kappa shape index (κ3) is 4.31. The van der Waals surface area contributed by atoms with E-state index >= 15 is 0 Å². The van der Waals surface area contributed by atoms with E-state index in [-0.39, 0.29) is 18.1 Å². The van der Waals surface area contributed by atoms with Crippen molar-refractivity contribution in [3.63, 3.8) is 0 Å². The lowest BCUT2D eigenvalue weighted by Crippen LogP contribution is -2.47. The smallest absolute Gasteiger partial charge is 0.229 e. The van der Waals surface area contributed by atoms with Crippen LogP contribution in [0, 0.1) is 23.2 Å². The molecule has 174 valence electrons. The van der Waals surface area contributed by atoms with Gasteiger partial charge >= 0.3 is 0 Å². The average Bonchev–Trinajstić information content (AvgIpc) is 2.81. The lowest BCUT2D eigenvalue weighted by molar-refractivity contribution is -0.115. The monoisotopic (exact) mass is 453 g/mol. The Balaban J connectivity index is 1.29. The second-order valence-corrected chi connectivity index (χ2v) is 10.9. The second-order valence-electron chi connectivity index (χ2n) is 10.9. The molecule has 4 saturated carbocycles. The molecule has 5 heteroatoms. The molecule has 1 amide bonds. The molecule has 0 aliphatic heterocycles. The molecule has 2 aromatic carbocycles. The van der Waals surface area contributed by atoms with Gasteiger partial charge in [0.25, 0.3) is 0 Å². The van der Waals surface area contributed by atoms with Gasteiger partial charge in [0.15, 0.2) is 5.82 Å². The molecule has 0 atom stereocenters. The highest BCUT2D eigenvalue weighted by Crippen LogP contribution is 2.61. The summed E-state index contributed by atoms with van der Waals surface area (Å²) in [6.07, 6.45) is 11.0. The lowest BCUT2D eigenvalue weighted by atomic mass is 9.48. The summed E-state index contributed by atoms with van der Waals surface area (Å²) >= 11 is 0. The number of phenols is 1.